The van der Waals surface area contributed by atoms with Crippen LogP contribution in [0.15, 0.2) is 64.5 Å². The first-order valence-corrected chi connectivity index (χ1v) is 11.6. The molecule has 2 aromatic carbocycles. The molecule has 0 spiro atoms. The first-order valence-electron chi connectivity index (χ1n) is 9.90. The summed E-state index contributed by atoms with van der Waals surface area (Å²) in [4.78, 5) is 16.6. The number of nitrogens with zero attached hydrogens (tertiary/aromatic N) is 1. The summed E-state index contributed by atoms with van der Waals surface area (Å²) in [5.74, 6) is -0.857. The van der Waals surface area contributed by atoms with Gasteiger partial charge in [-0.25, -0.2) is 18.2 Å². The van der Waals surface area contributed by atoms with E-state index in [0.29, 0.717) is 24.3 Å². The van der Waals surface area contributed by atoms with Gasteiger partial charge >= 0.3 is 5.97 Å². The van der Waals surface area contributed by atoms with E-state index in [2.05, 4.69) is 4.99 Å². The van der Waals surface area contributed by atoms with E-state index in [1.54, 1.807) is 49.4 Å². The molecule has 9 heteroatoms. The molecule has 2 N–H and O–H groups in total. The van der Waals surface area contributed by atoms with Gasteiger partial charge in [-0.1, -0.05) is 18.2 Å². The Balaban J connectivity index is 1.80. The van der Waals surface area contributed by atoms with Crippen molar-refractivity contribution in [2.24, 2.45) is 4.99 Å². The predicted molar refractivity (Wildman–Crippen MR) is 114 cm³/mol. The van der Waals surface area contributed by atoms with Crippen LogP contribution in [0.4, 0.5) is 0 Å². The molecule has 1 heterocycles. The zero-order valence-corrected chi connectivity index (χ0v) is 17.9. The summed E-state index contributed by atoms with van der Waals surface area (Å²) >= 11 is 0. The van der Waals surface area contributed by atoms with Crippen LogP contribution in [0.1, 0.15) is 25.3 Å². The van der Waals surface area contributed by atoms with Crippen LogP contribution in [0.25, 0.3) is 0 Å². The minimum Gasteiger partial charge on any atom is -0.494 e. The van der Waals surface area contributed by atoms with Gasteiger partial charge in [-0.2, -0.15) is 0 Å². The molecule has 2 aromatic rings. The maximum absolute atomic E-state index is 12.6. The van der Waals surface area contributed by atoms with Crippen molar-refractivity contribution in [1.82, 2.24) is 0 Å². The molecule has 1 aliphatic heterocycles. The van der Waals surface area contributed by atoms with Gasteiger partial charge in [0, 0.05) is 25.0 Å². The number of aliphatic hydroxyl groups is 1. The second-order valence-electron chi connectivity index (χ2n) is 7.24. The second kappa shape index (κ2) is 9.49. The molecule has 0 bridgehead atoms. The Kier molecular flexibility index (Phi) is 6.97. The van der Waals surface area contributed by atoms with Crippen LogP contribution in [0, 0.1) is 0 Å². The summed E-state index contributed by atoms with van der Waals surface area (Å²) in [6.45, 7) is 1.99. The largest absolute Gasteiger partial charge is 0.494 e. The van der Waals surface area contributed by atoms with E-state index in [9.17, 15) is 18.3 Å². The number of ether oxygens (including phenoxy) is 2. The Labute approximate surface area is 181 Å². The van der Waals surface area contributed by atoms with Gasteiger partial charge in [0.15, 0.2) is 15.4 Å². The maximum Gasteiger partial charge on any atom is 0.335 e. The molecule has 0 radical (unpaired) electrons. The van der Waals surface area contributed by atoms with Crippen LogP contribution in [0.2, 0.25) is 0 Å². The number of hydrogen-bond acceptors (Lipinski definition) is 7. The third-order valence-corrected chi connectivity index (χ3v) is 6.89. The van der Waals surface area contributed by atoms with Crippen molar-refractivity contribution in [3.8, 4) is 5.75 Å². The number of aliphatic hydroxyl groups excluding tert-OH is 1. The zero-order chi connectivity index (χ0) is 22.5. The van der Waals surface area contributed by atoms with Crippen molar-refractivity contribution in [1.29, 1.82) is 0 Å². The summed E-state index contributed by atoms with van der Waals surface area (Å²) in [5.41, 5.74) is -1.14. The molecule has 3 rings (SSSR count). The third-order valence-electron chi connectivity index (χ3n) is 5.16. The highest BCUT2D eigenvalue weighted by atomic mass is 32.2. The highest BCUT2D eigenvalue weighted by Crippen LogP contribution is 2.33. The molecule has 0 amide bonds. The smallest absolute Gasteiger partial charge is 0.335 e. The fourth-order valence-corrected chi connectivity index (χ4v) is 4.66. The first kappa shape index (κ1) is 22.8. The Bertz CT molecular complexity index is 1040. The maximum atomic E-state index is 12.6. The quantitative estimate of drug-likeness (QED) is 0.536. The Morgan fingerprint density at radius 3 is 2.45 bits per heavy atom. The Hall–Kier alpha value is -2.91. The molecule has 0 saturated carbocycles. The molecule has 0 fully saturated rings. The van der Waals surface area contributed by atoms with Crippen molar-refractivity contribution in [2.75, 3.05) is 19.0 Å². The Morgan fingerprint density at radius 2 is 1.84 bits per heavy atom. The van der Waals surface area contributed by atoms with E-state index in [1.807, 2.05) is 0 Å². The first-order chi connectivity index (χ1) is 14.8. The van der Waals surface area contributed by atoms with Gasteiger partial charge in [0.1, 0.15) is 11.9 Å². The number of carboxylic acid groups (broad SMARTS) is 1. The summed E-state index contributed by atoms with van der Waals surface area (Å²) < 4.78 is 36.5. The van der Waals surface area contributed by atoms with Crippen LogP contribution in [0.5, 0.6) is 5.75 Å². The number of hydrogen-bond donors (Lipinski definition) is 2. The van der Waals surface area contributed by atoms with Gasteiger partial charge in [-0.05, 0) is 43.3 Å². The van der Waals surface area contributed by atoms with Crippen LogP contribution in [-0.4, -0.2) is 61.1 Å². The molecule has 31 heavy (non-hydrogen) atoms. The molecule has 166 valence electrons. The van der Waals surface area contributed by atoms with Gasteiger partial charge in [0.05, 0.1) is 17.3 Å². The molecule has 0 aromatic heterocycles. The van der Waals surface area contributed by atoms with E-state index in [0.717, 1.165) is 0 Å². The van der Waals surface area contributed by atoms with Gasteiger partial charge in [0.2, 0.25) is 5.90 Å². The number of aliphatic imine (C=N–C) groups is 1. The van der Waals surface area contributed by atoms with Crippen molar-refractivity contribution in [3.63, 3.8) is 0 Å². The third kappa shape index (κ3) is 5.05. The lowest BCUT2D eigenvalue weighted by molar-refractivity contribution is -0.145. The van der Waals surface area contributed by atoms with E-state index in [1.165, 1.54) is 12.1 Å². The summed E-state index contributed by atoms with van der Waals surface area (Å²) in [7, 11) is -3.66. The van der Waals surface area contributed by atoms with Crippen LogP contribution >= 0.6 is 0 Å². The monoisotopic (exact) mass is 447 g/mol. The SMILES string of the molecule is C[C@H]1OC(c2ccc(OCCCO)cc2)=N[C@@]1(CCS(=O)(=O)c1ccccc1)C(=O)O. The standard InChI is InChI=1S/C22H25NO7S/c1-16-22(21(25)26,12-15-31(27,28)19-6-3-2-4-7-19)23-20(30-16)17-8-10-18(11-9-17)29-14-5-13-24/h2-4,6-11,16,24H,5,12-15H2,1H3,(H,25,26)/t16-,22-/m1/s1. The molecule has 1 aliphatic rings. The van der Waals surface area contributed by atoms with Crippen molar-refractivity contribution in [3.05, 3.63) is 60.2 Å². The van der Waals surface area contributed by atoms with Crippen LogP contribution in [-0.2, 0) is 19.4 Å². The van der Waals surface area contributed by atoms with Crippen molar-refractivity contribution in [2.45, 2.75) is 36.3 Å². The van der Waals surface area contributed by atoms with E-state index in [-0.39, 0.29) is 29.6 Å². The van der Waals surface area contributed by atoms with Crippen molar-refractivity contribution < 1.29 is 32.9 Å². The minimum absolute atomic E-state index is 0.0396. The van der Waals surface area contributed by atoms with Gasteiger partial charge in [0.25, 0.3) is 0 Å². The molecular weight excluding hydrogens is 422 g/mol. The van der Waals surface area contributed by atoms with Gasteiger partial charge in [-0.15, -0.1) is 0 Å². The molecular formula is C22H25NO7S. The topological polar surface area (TPSA) is 122 Å². The zero-order valence-electron chi connectivity index (χ0n) is 17.1. The number of carboxylic acids is 1. The number of sulfone groups is 1. The van der Waals surface area contributed by atoms with Crippen LogP contribution in [0.3, 0.4) is 0 Å². The Morgan fingerprint density at radius 1 is 1.16 bits per heavy atom. The van der Waals surface area contributed by atoms with E-state index >= 15 is 0 Å². The average Bonchev–Trinajstić information content (AvgIpc) is 3.11. The lowest BCUT2D eigenvalue weighted by atomic mass is 9.92. The van der Waals surface area contributed by atoms with Crippen LogP contribution < -0.4 is 4.74 Å². The average molecular weight is 448 g/mol. The van der Waals surface area contributed by atoms with E-state index in [4.69, 9.17) is 14.6 Å². The summed E-state index contributed by atoms with van der Waals surface area (Å²) in [5, 5.41) is 18.7. The summed E-state index contributed by atoms with van der Waals surface area (Å²) in [6.07, 6.45) is -0.541. The number of aliphatic carboxylic acids is 1. The second-order valence-corrected chi connectivity index (χ2v) is 9.35. The predicted octanol–water partition coefficient (Wildman–Crippen LogP) is 2.30. The number of carbonyl (C=O) groups is 1. The fourth-order valence-electron chi connectivity index (χ4n) is 3.27. The molecule has 0 aliphatic carbocycles. The fraction of sp³-hybridized carbons (Fsp3) is 0.364. The number of rotatable bonds is 10. The minimum atomic E-state index is -3.66. The van der Waals surface area contributed by atoms with Gasteiger partial charge < -0.3 is 19.7 Å². The molecule has 0 unspecified atom stereocenters. The molecule has 8 nitrogen and oxygen atoms in total. The highest BCUT2D eigenvalue weighted by molar-refractivity contribution is 7.91. The lowest BCUT2D eigenvalue weighted by Gasteiger charge is -2.24. The summed E-state index contributed by atoms with van der Waals surface area (Å²) in [6, 6.07) is 14.7. The highest BCUT2D eigenvalue weighted by Gasteiger charge is 2.51. The molecule has 2 atom stereocenters. The lowest BCUT2D eigenvalue weighted by Crippen LogP contribution is -2.45. The van der Waals surface area contributed by atoms with Gasteiger partial charge in [-0.3, -0.25) is 0 Å². The van der Waals surface area contributed by atoms with Crippen molar-refractivity contribution >= 4 is 21.7 Å². The number of benzene rings is 2. The molecule has 0 saturated heterocycles. The normalized spacial score (nSPS) is 20.7. The van der Waals surface area contributed by atoms with E-state index < -0.39 is 27.4 Å².